The van der Waals surface area contributed by atoms with E-state index >= 15 is 0 Å². The van der Waals surface area contributed by atoms with Gasteiger partial charge in [0.25, 0.3) is 0 Å². The zero-order valence-corrected chi connectivity index (χ0v) is 7.53. The van der Waals surface area contributed by atoms with Crippen LogP contribution < -0.4 is 10.6 Å². The molecule has 66 valence electrons. The van der Waals surface area contributed by atoms with Gasteiger partial charge in [0, 0.05) is 19.1 Å². The van der Waals surface area contributed by atoms with E-state index in [9.17, 15) is 0 Å². The summed E-state index contributed by atoms with van der Waals surface area (Å²) in [5, 5.41) is 6.89. The lowest BCUT2D eigenvalue weighted by atomic mass is 9.93. The van der Waals surface area contributed by atoms with Gasteiger partial charge in [-0.3, -0.25) is 0 Å². The second-order valence-electron chi connectivity index (χ2n) is 3.33. The van der Waals surface area contributed by atoms with Crippen LogP contribution in [0.1, 0.15) is 32.6 Å². The summed E-state index contributed by atoms with van der Waals surface area (Å²) in [4.78, 5) is 0. The predicted octanol–water partition coefficient (Wildman–Crippen LogP) is 1.13. The Morgan fingerprint density at radius 3 is 2.55 bits per heavy atom. The first-order valence-electron chi connectivity index (χ1n) is 4.87. The lowest BCUT2D eigenvalue weighted by Crippen LogP contribution is -2.39. The molecule has 0 atom stereocenters. The largest absolute Gasteiger partial charge is 0.315 e. The van der Waals surface area contributed by atoms with Crippen LogP contribution in [-0.2, 0) is 0 Å². The lowest BCUT2D eigenvalue weighted by molar-refractivity contribution is 0.339. The summed E-state index contributed by atoms with van der Waals surface area (Å²) in [7, 11) is 0. The van der Waals surface area contributed by atoms with Crippen molar-refractivity contribution in [2.24, 2.45) is 0 Å². The zero-order chi connectivity index (χ0) is 7.94. The van der Waals surface area contributed by atoms with E-state index in [-0.39, 0.29) is 0 Å². The minimum Gasteiger partial charge on any atom is -0.315 e. The van der Waals surface area contributed by atoms with Crippen molar-refractivity contribution in [3.05, 3.63) is 0 Å². The van der Waals surface area contributed by atoms with Gasteiger partial charge >= 0.3 is 0 Å². The molecule has 0 unspecified atom stereocenters. The first kappa shape index (κ1) is 9.01. The molecule has 0 heterocycles. The Balaban J connectivity index is 1.73. The van der Waals surface area contributed by atoms with Gasteiger partial charge in [-0.2, -0.15) is 0 Å². The van der Waals surface area contributed by atoms with Crippen molar-refractivity contribution >= 4 is 0 Å². The third kappa shape index (κ3) is 3.73. The van der Waals surface area contributed by atoms with Crippen molar-refractivity contribution in [2.45, 2.75) is 38.6 Å². The Morgan fingerprint density at radius 1 is 1.18 bits per heavy atom. The maximum Gasteiger partial charge on any atom is 0.00793 e. The maximum absolute atomic E-state index is 3.52. The fourth-order valence-corrected chi connectivity index (χ4v) is 1.28. The molecule has 2 N–H and O–H groups in total. The second kappa shape index (κ2) is 5.56. The van der Waals surface area contributed by atoms with Gasteiger partial charge in [-0.05, 0) is 25.8 Å². The van der Waals surface area contributed by atoms with Crippen LogP contribution >= 0.6 is 0 Å². The molecule has 0 aromatic rings. The minimum absolute atomic E-state index is 0.846. The molecule has 1 rings (SSSR count). The van der Waals surface area contributed by atoms with Crippen LogP contribution in [0.25, 0.3) is 0 Å². The standard InChI is InChI=1S/C9H20N2/c1-2-6-10-7-8-11-9-4-3-5-9/h9-11H,2-8H2,1H3. The molecule has 0 spiro atoms. The number of hydrogen-bond acceptors (Lipinski definition) is 2. The Labute approximate surface area is 69.8 Å². The van der Waals surface area contributed by atoms with E-state index in [2.05, 4.69) is 17.6 Å². The molecule has 0 radical (unpaired) electrons. The topological polar surface area (TPSA) is 24.1 Å². The van der Waals surface area contributed by atoms with E-state index in [1.807, 2.05) is 0 Å². The highest BCUT2D eigenvalue weighted by Crippen LogP contribution is 2.17. The molecular formula is C9H20N2. The smallest absolute Gasteiger partial charge is 0.00793 e. The Morgan fingerprint density at radius 2 is 2.00 bits per heavy atom. The molecule has 0 aliphatic heterocycles. The van der Waals surface area contributed by atoms with Crippen LogP contribution in [0.15, 0.2) is 0 Å². The molecule has 1 aliphatic rings. The quantitative estimate of drug-likeness (QED) is 0.563. The lowest BCUT2D eigenvalue weighted by Gasteiger charge is -2.26. The number of hydrogen-bond donors (Lipinski definition) is 2. The first-order chi connectivity index (χ1) is 5.43. The van der Waals surface area contributed by atoms with Gasteiger partial charge in [-0.25, -0.2) is 0 Å². The summed E-state index contributed by atoms with van der Waals surface area (Å²) in [6, 6.07) is 0.846. The Bertz CT molecular complexity index is 89.6. The van der Waals surface area contributed by atoms with E-state index in [1.165, 1.54) is 25.7 Å². The highest BCUT2D eigenvalue weighted by atomic mass is 15.0. The molecule has 2 nitrogen and oxygen atoms in total. The van der Waals surface area contributed by atoms with E-state index in [1.54, 1.807) is 0 Å². The highest BCUT2D eigenvalue weighted by molar-refractivity contribution is 4.76. The predicted molar refractivity (Wildman–Crippen MR) is 48.8 cm³/mol. The van der Waals surface area contributed by atoms with Crippen molar-refractivity contribution in [3.8, 4) is 0 Å². The molecule has 1 aliphatic carbocycles. The van der Waals surface area contributed by atoms with Gasteiger partial charge in [0.15, 0.2) is 0 Å². The highest BCUT2D eigenvalue weighted by Gasteiger charge is 2.15. The molecule has 11 heavy (non-hydrogen) atoms. The summed E-state index contributed by atoms with van der Waals surface area (Å²) in [5.74, 6) is 0. The van der Waals surface area contributed by atoms with Crippen molar-refractivity contribution in [1.29, 1.82) is 0 Å². The molecule has 0 aromatic carbocycles. The van der Waals surface area contributed by atoms with Crippen molar-refractivity contribution in [3.63, 3.8) is 0 Å². The SMILES string of the molecule is CCCNCCNC1CCC1. The average Bonchev–Trinajstić information content (AvgIpc) is 1.93. The fraction of sp³-hybridized carbons (Fsp3) is 1.00. The van der Waals surface area contributed by atoms with E-state index in [0.717, 1.165) is 25.7 Å². The third-order valence-corrected chi connectivity index (χ3v) is 2.27. The molecule has 0 bridgehead atoms. The third-order valence-electron chi connectivity index (χ3n) is 2.27. The normalized spacial score (nSPS) is 18.3. The number of rotatable bonds is 6. The maximum atomic E-state index is 3.52. The molecule has 2 heteroatoms. The van der Waals surface area contributed by atoms with Crippen LogP contribution in [0, 0.1) is 0 Å². The van der Waals surface area contributed by atoms with Crippen molar-refractivity contribution < 1.29 is 0 Å². The summed E-state index contributed by atoms with van der Waals surface area (Å²) < 4.78 is 0. The van der Waals surface area contributed by atoms with Gasteiger partial charge < -0.3 is 10.6 Å². The molecule has 0 aromatic heterocycles. The van der Waals surface area contributed by atoms with E-state index in [4.69, 9.17) is 0 Å². The zero-order valence-electron chi connectivity index (χ0n) is 7.53. The van der Waals surface area contributed by atoms with Gasteiger partial charge in [0.1, 0.15) is 0 Å². The molecule has 0 saturated heterocycles. The number of nitrogens with one attached hydrogen (secondary N) is 2. The van der Waals surface area contributed by atoms with Gasteiger partial charge in [0.05, 0.1) is 0 Å². The van der Waals surface area contributed by atoms with Gasteiger partial charge in [-0.1, -0.05) is 13.3 Å². The second-order valence-corrected chi connectivity index (χ2v) is 3.33. The molecule has 1 fully saturated rings. The summed E-state index contributed by atoms with van der Waals surface area (Å²) >= 11 is 0. The minimum atomic E-state index is 0.846. The van der Waals surface area contributed by atoms with Crippen LogP contribution in [-0.4, -0.2) is 25.7 Å². The monoisotopic (exact) mass is 156 g/mol. The van der Waals surface area contributed by atoms with Gasteiger partial charge in [0.2, 0.25) is 0 Å². The van der Waals surface area contributed by atoms with Gasteiger partial charge in [-0.15, -0.1) is 0 Å². The van der Waals surface area contributed by atoms with Crippen LogP contribution in [0.2, 0.25) is 0 Å². The first-order valence-corrected chi connectivity index (χ1v) is 4.87. The van der Waals surface area contributed by atoms with Crippen LogP contribution in [0.5, 0.6) is 0 Å². The molecular weight excluding hydrogens is 136 g/mol. The van der Waals surface area contributed by atoms with Crippen molar-refractivity contribution in [2.75, 3.05) is 19.6 Å². The van der Waals surface area contributed by atoms with E-state index < -0.39 is 0 Å². The summed E-state index contributed by atoms with van der Waals surface area (Å²) in [6.07, 6.45) is 5.46. The fourth-order valence-electron chi connectivity index (χ4n) is 1.28. The van der Waals surface area contributed by atoms with Crippen LogP contribution in [0.3, 0.4) is 0 Å². The Hall–Kier alpha value is -0.0800. The Kier molecular flexibility index (Phi) is 4.55. The molecule has 0 amide bonds. The summed E-state index contributed by atoms with van der Waals surface area (Å²) in [5.41, 5.74) is 0. The average molecular weight is 156 g/mol. The van der Waals surface area contributed by atoms with E-state index in [0.29, 0.717) is 0 Å². The molecule has 1 saturated carbocycles. The summed E-state index contributed by atoms with van der Waals surface area (Å²) in [6.45, 7) is 5.63. The van der Waals surface area contributed by atoms with Crippen molar-refractivity contribution in [1.82, 2.24) is 10.6 Å². The van der Waals surface area contributed by atoms with Crippen LogP contribution in [0.4, 0.5) is 0 Å².